The highest BCUT2D eigenvalue weighted by atomic mass is 14.1. The predicted octanol–water partition coefficient (Wildman–Crippen LogP) is 4.73. The fourth-order valence-corrected chi connectivity index (χ4v) is 1.43. The van der Waals surface area contributed by atoms with Crippen LogP contribution in [0.1, 0.15) is 52.4 Å². The van der Waals surface area contributed by atoms with Crippen LogP contribution >= 0.6 is 0 Å². The molecule has 0 spiro atoms. The average molecular weight is 180 g/mol. The summed E-state index contributed by atoms with van der Waals surface area (Å²) in [6.45, 7) is 8.31. The molecule has 0 aromatic rings. The second-order valence-corrected chi connectivity index (χ2v) is 3.61. The third-order valence-electron chi connectivity index (χ3n) is 2.35. The van der Waals surface area contributed by atoms with Crippen molar-refractivity contribution in [1.82, 2.24) is 0 Å². The van der Waals surface area contributed by atoms with Crippen LogP contribution in [0.3, 0.4) is 0 Å². The molecule has 0 saturated carbocycles. The van der Waals surface area contributed by atoms with Crippen molar-refractivity contribution in [3.8, 4) is 0 Å². The van der Waals surface area contributed by atoms with E-state index in [4.69, 9.17) is 0 Å². The van der Waals surface area contributed by atoms with Gasteiger partial charge in [-0.05, 0) is 25.2 Å². The van der Waals surface area contributed by atoms with Gasteiger partial charge in [0.25, 0.3) is 0 Å². The largest absolute Gasteiger partial charge is 0.103 e. The van der Waals surface area contributed by atoms with E-state index in [0.29, 0.717) is 5.92 Å². The molecule has 0 fully saturated rings. The van der Waals surface area contributed by atoms with Crippen LogP contribution in [0, 0.1) is 5.92 Å². The highest BCUT2D eigenvalue weighted by molar-refractivity contribution is 4.89. The lowest BCUT2D eigenvalue weighted by molar-refractivity contribution is 0.545. The minimum absolute atomic E-state index is 0.703. The zero-order chi connectivity index (χ0) is 9.94. The Balaban J connectivity index is 3.50. The Kier molecular flexibility index (Phi) is 9.18. The molecule has 0 amide bonds. The van der Waals surface area contributed by atoms with Crippen LogP contribution < -0.4 is 0 Å². The van der Waals surface area contributed by atoms with E-state index in [1.165, 1.54) is 32.1 Å². The van der Waals surface area contributed by atoms with Crippen molar-refractivity contribution >= 4 is 0 Å². The Bertz CT molecular complexity index is 133. The maximum Gasteiger partial charge on any atom is -0.0202 e. The maximum atomic E-state index is 3.88. The van der Waals surface area contributed by atoms with Gasteiger partial charge in [-0.25, -0.2) is 0 Å². The summed E-state index contributed by atoms with van der Waals surface area (Å²) in [4.78, 5) is 0. The Morgan fingerprint density at radius 3 is 2.46 bits per heavy atom. The summed E-state index contributed by atoms with van der Waals surface area (Å²) in [5.74, 6) is 0.703. The molecule has 0 radical (unpaired) electrons. The molecule has 1 atom stereocenters. The van der Waals surface area contributed by atoms with Gasteiger partial charge in [-0.15, -0.1) is 6.58 Å². The summed E-state index contributed by atoms with van der Waals surface area (Å²) in [7, 11) is 0. The smallest absolute Gasteiger partial charge is 0.0202 e. The van der Waals surface area contributed by atoms with E-state index in [-0.39, 0.29) is 0 Å². The molecular formula is C13H24. The predicted molar refractivity (Wildman–Crippen MR) is 61.9 cm³/mol. The van der Waals surface area contributed by atoms with Gasteiger partial charge in [0.15, 0.2) is 0 Å². The van der Waals surface area contributed by atoms with Crippen molar-refractivity contribution in [2.45, 2.75) is 52.4 Å². The molecule has 0 heteroatoms. The lowest BCUT2D eigenvalue weighted by Gasteiger charge is -2.08. The van der Waals surface area contributed by atoms with Gasteiger partial charge in [0.05, 0.1) is 0 Å². The van der Waals surface area contributed by atoms with Crippen LogP contribution in [0.2, 0.25) is 0 Å². The van der Waals surface area contributed by atoms with Crippen molar-refractivity contribution in [1.29, 1.82) is 0 Å². The zero-order valence-corrected chi connectivity index (χ0v) is 9.26. The summed E-state index contributed by atoms with van der Waals surface area (Å²) >= 11 is 0. The average Bonchev–Trinajstić information content (AvgIpc) is 2.16. The molecule has 0 aliphatic heterocycles. The van der Waals surface area contributed by atoms with Gasteiger partial charge in [-0.3, -0.25) is 0 Å². The van der Waals surface area contributed by atoms with E-state index < -0.39 is 0 Å². The van der Waals surface area contributed by atoms with Crippen LogP contribution in [0.25, 0.3) is 0 Å². The second kappa shape index (κ2) is 9.57. The highest BCUT2D eigenvalue weighted by Gasteiger charge is 2.00. The van der Waals surface area contributed by atoms with Crippen molar-refractivity contribution < 1.29 is 0 Å². The molecule has 0 aromatic heterocycles. The lowest BCUT2D eigenvalue weighted by atomic mass is 9.98. The number of hydrogen-bond acceptors (Lipinski definition) is 0. The fraction of sp³-hybridized carbons (Fsp3) is 0.692. The molecule has 0 N–H and O–H groups in total. The maximum absolute atomic E-state index is 3.88. The molecular weight excluding hydrogens is 156 g/mol. The quantitative estimate of drug-likeness (QED) is 0.374. The van der Waals surface area contributed by atoms with E-state index in [1.807, 2.05) is 0 Å². The van der Waals surface area contributed by atoms with E-state index in [0.717, 1.165) is 6.42 Å². The van der Waals surface area contributed by atoms with Gasteiger partial charge in [0, 0.05) is 0 Å². The Hall–Kier alpha value is -0.520. The second-order valence-electron chi connectivity index (χ2n) is 3.61. The SMILES string of the molecule is C=CC(CC=CCC)CCCCC. The molecule has 13 heavy (non-hydrogen) atoms. The van der Waals surface area contributed by atoms with E-state index in [1.54, 1.807) is 0 Å². The van der Waals surface area contributed by atoms with E-state index >= 15 is 0 Å². The first kappa shape index (κ1) is 12.5. The number of hydrogen-bond donors (Lipinski definition) is 0. The normalized spacial score (nSPS) is 13.4. The molecule has 0 bridgehead atoms. The molecule has 0 saturated heterocycles. The Morgan fingerprint density at radius 2 is 1.92 bits per heavy atom. The summed E-state index contributed by atoms with van der Waals surface area (Å²) in [6, 6.07) is 0. The third kappa shape index (κ3) is 7.83. The van der Waals surface area contributed by atoms with Crippen molar-refractivity contribution in [2.24, 2.45) is 5.92 Å². The highest BCUT2D eigenvalue weighted by Crippen LogP contribution is 2.15. The molecule has 0 aliphatic rings. The first-order valence-corrected chi connectivity index (χ1v) is 5.62. The monoisotopic (exact) mass is 180 g/mol. The van der Waals surface area contributed by atoms with Gasteiger partial charge in [0.2, 0.25) is 0 Å². The van der Waals surface area contributed by atoms with E-state index in [2.05, 4.69) is 38.7 Å². The van der Waals surface area contributed by atoms with Gasteiger partial charge < -0.3 is 0 Å². The first-order chi connectivity index (χ1) is 6.35. The molecule has 0 aliphatic carbocycles. The number of unbranched alkanes of at least 4 members (excludes halogenated alkanes) is 2. The molecule has 1 unspecified atom stereocenters. The minimum Gasteiger partial charge on any atom is -0.103 e. The van der Waals surface area contributed by atoms with Crippen LogP contribution in [-0.4, -0.2) is 0 Å². The molecule has 76 valence electrons. The van der Waals surface area contributed by atoms with Gasteiger partial charge in [-0.1, -0.05) is 51.3 Å². The van der Waals surface area contributed by atoms with Crippen LogP contribution in [-0.2, 0) is 0 Å². The molecule has 0 nitrogen and oxygen atoms in total. The standard InChI is InChI=1S/C13H24/c1-4-7-9-11-13(6-3)12-10-8-5-2/h6-7,9,13H,3-5,8,10-12H2,1-2H3. The van der Waals surface area contributed by atoms with Gasteiger partial charge >= 0.3 is 0 Å². The summed E-state index contributed by atoms with van der Waals surface area (Å²) in [5.41, 5.74) is 0. The topological polar surface area (TPSA) is 0 Å². The summed E-state index contributed by atoms with van der Waals surface area (Å²) < 4.78 is 0. The van der Waals surface area contributed by atoms with Gasteiger partial charge in [0.1, 0.15) is 0 Å². The molecule has 0 rings (SSSR count). The van der Waals surface area contributed by atoms with Gasteiger partial charge in [-0.2, -0.15) is 0 Å². The van der Waals surface area contributed by atoms with Crippen LogP contribution in [0.15, 0.2) is 24.8 Å². The third-order valence-corrected chi connectivity index (χ3v) is 2.35. The first-order valence-electron chi connectivity index (χ1n) is 5.62. The van der Waals surface area contributed by atoms with Crippen molar-refractivity contribution in [3.63, 3.8) is 0 Å². The summed E-state index contributed by atoms with van der Waals surface area (Å²) in [5, 5.41) is 0. The Morgan fingerprint density at radius 1 is 1.15 bits per heavy atom. The molecule has 0 aromatic carbocycles. The van der Waals surface area contributed by atoms with Crippen LogP contribution in [0.4, 0.5) is 0 Å². The van der Waals surface area contributed by atoms with Crippen molar-refractivity contribution in [2.75, 3.05) is 0 Å². The number of allylic oxidation sites excluding steroid dienone is 3. The lowest BCUT2D eigenvalue weighted by Crippen LogP contribution is -1.94. The molecule has 0 heterocycles. The summed E-state index contributed by atoms with van der Waals surface area (Å²) in [6.07, 6.45) is 14.3. The Labute approximate surface area is 83.7 Å². The minimum atomic E-state index is 0.703. The number of rotatable bonds is 8. The fourth-order valence-electron chi connectivity index (χ4n) is 1.43. The van der Waals surface area contributed by atoms with Crippen molar-refractivity contribution in [3.05, 3.63) is 24.8 Å². The van der Waals surface area contributed by atoms with E-state index in [9.17, 15) is 0 Å². The zero-order valence-electron chi connectivity index (χ0n) is 9.26. The van der Waals surface area contributed by atoms with Crippen LogP contribution in [0.5, 0.6) is 0 Å².